The molecule has 1 atom stereocenters. The zero-order valence-corrected chi connectivity index (χ0v) is 19.7. The molecule has 6 rings (SSSR count). The van der Waals surface area contributed by atoms with Gasteiger partial charge in [-0.15, -0.1) is 0 Å². The molecule has 1 amide bonds. The van der Waals surface area contributed by atoms with Gasteiger partial charge in [0.05, 0.1) is 11.1 Å². The molecule has 170 valence electrons. The van der Waals surface area contributed by atoms with E-state index in [9.17, 15) is 13.2 Å². The molecule has 31 heavy (non-hydrogen) atoms. The Bertz CT molecular complexity index is 923. The van der Waals surface area contributed by atoms with E-state index in [1.165, 1.54) is 23.6 Å². The van der Waals surface area contributed by atoms with Gasteiger partial charge in [0.2, 0.25) is 15.9 Å². The molecule has 1 N–H and O–H groups in total. The third-order valence-electron chi connectivity index (χ3n) is 8.08. The lowest BCUT2D eigenvalue weighted by atomic mass is 9.53. The first-order chi connectivity index (χ1) is 14.8. The van der Waals surface area contributed by atoms with Crippen molar-refractivity contribution in [1.82, 2.24) is 14.5 Å². The second-order valence-corrected chi connectivity index (χ2v) is 12.5. The third kappa shape index (κ3) is 4.03. The molecule has 1 aliphatic heterocycles. The van der Waals surface area contributed by atoms with Gasteiger partial charge in [0, 0.05) is 31.7 Å². The van der Waals surface area contributed by atoms with Crippen LogP contribution in [0.3, 0.4) is 0 Å². The van der Waals surface area contributed by atoms with E-state index < -0.39 is 10.0 Å². The van der Waals surface area contributed by atoms with E-state index in [-0.39, 0.29) is 27.4 Å². The van der Waals surface area contributed by atoms with Crippen LogP contribution in [-0.2, 0) is 14.8 Å². The van der Waals surface area contributed by atoms with Crippen LogP contribution in [0.15, 0.2) is 29.2 Å². The van der Waals surface area contributed by atoms with Crippen LogP contribution in [0, 0.1) is 17.8 Å². The lowest BCUT2D eigenvalue weighted by Gasteiger charge is -2.57. The highest BCUT2D eigenvalue weighted by molar-refractivity contribution is 7.89. The summed E-state index contributed by atoms with van der Waals surface area (Å²) in [5.41, 5.74) is 0.00924. The van der Waals surface area contributed by atoms with Gasteiger partial charge in [-0.3, -0.25) is 9.69 Å². The van der Waals surface area contributed by atoms with Crippen molar-refractivity contribution in [1.29, 1.82) is 0 Å². The number of piperazine rings is 1. The third-order valence-corrected chi connectivity index (χ3v) is 10.5. The number of sulfonamides is 1. The topological polar surface area (TPSA) is 69.7 Å². The minimum absolute atomic E-state index is 0.00924. The van der Waals surface area contributed by atoms with Crippen molar-refractivity contribution < 1.29 is 13.2 Å². The van der Waals surface area contributed by atoms with Crippen LogP contribution in [-0.4, -0.2) is 61.3 Å². The van der Waals surface area contributed by atoms with Gasteiger partial charge in [0.15, 0.2) is 0 Å². The first-order valence-electron chi connectivity index (χ1n) is 11.6. The van der Waals surface area contributed by atoms with Gasteiger partial charge in [0.25, 0.3) is 0 Å². The Hall–Kier alpha value is -1.15. The first-order valence-corrected chi connectivity index (χ1v) is 13.4. The molecule has 0 spiro atoms. The molecule has 5 fully saturated rings. The SMILES string of the molecule is C[C@@H](C(=O)NC12CC3CC(CC(C3)C1)C2)N1CCN(S(=O)(=O)c2ccccc2Cl)CC1. The molecule has 6 nitrogen and oxygen atoms in total. The van der Waals surface area contributed by atoms with Gasteiger partial charge in [-0.2, -0.15) is 4.31 Å². The standard InChI is InChI=1S/C23H32ClN3O3S/c1-16(22(28)25-23-13-17-10-18(14-23)12-19(11-17)15-23)26-6-8-27(9-7-26)31(29,30)21-5-3-2-4-20(21)24/h2-5,16-19H,6-15H2,1H3,(H,25,28)/t16-,17?,18?,19?,23?/m0/s1. The normalized spacial score (nSPS) is 34.6. The van der Waals surface area contributed by atoms with E-state index in [4.69, 9.17) is 11.6 Å². The zero-order valence-electron chi connectivity index (χ0n) is 18.1. The number of amides is 1. The maximum atomic E-state index is 13.2. The van der Waals surface area contributed by atoms with E-state index in [2.05, 4.69) is 10.2 Å². The van der Waals surface area contributed by atoms with E-state index in [1.807, 2.05) is 6.92 Å². The predicted octanol–water partition coefficient (Wildman–Crippen LogP) is 3.12. The van der Waals surface area contributed by atoms with Gasteiger partial charge >= 0.3 is 0 Å². The Morgan fingerprint density at radius 2 is 1.58 bits per heavy atom. The number of benzene rings is 1. The smallest absolute Gasteiger partial charge is 0.244 e. The highest BCUT2D eigenvalue weighted by Crippen LogP contribution is 2.55. The van der Waals surface area contributed by atoms with Crippen LogP contribution < -0.4 is 5.32 Å². The Morgan fingerprint density at radius 1 is 1.03 bits per heavy atom. The second-order valence-electron chi connectivity index (χ2n) is 10.2. The van der Waals surface area contributed by atoms with Crippen molar-refractivity contribution in [3.05, 3.63) is 29.3 Å². The van der Waals surface area contributed by atoms with Crippen LogP contribution in [0.2, 0.25) is 5.02 Å². The van der Waals surface area contributed by atoms with E-state index >= 15 is 0 Å². The van der Waals surface area contributed by atoms with Gasteiger partial charge < -0.3 is 5.32 Å². The maximum absolute atomic E-state index is 13.2. The van der Waals surface area contributed by atoms with Crippen LogP contribution in [0.5, 0.6) is 0 Å². The molecule has 4 saturated carbocycles. The summed E-state index contributed by atoms with van der Waals surface area (Å²) in [5.74, 6) is 2.48. The predicted molar refractivity (Wildman–Crippen MR) is 120 cm³/mol. The van der Waals surface area contributed by atoms with E-state index in [0.29, 0.717) is 26.2 Å². The van der Waals surface area contributed by atoms with Gasteiger partial charge in [0.1, 0.15) is 4.90 Å². The fourth-order valence-electron chi connectivity index (χ4n) is 6.92. The summed E-state index contributed by atoms with van der Waals surface area (Å²) in [6.45, 7) is 3.76. The number of carbonyl (C=O) groups is 1. The molecular formula is C23H32ClN3O3S. The highest BCUT2D eigenvalue weighted by Gasteiger charge is 2.52. The molecule has 1 saturated heterocycles. The van der Waals surface area contributed by atoms with Crippen molar-refractivity contribution >= 4 is 27.5 Å². The highest BCUT2D eigenvalue weighted by atomic mass is 35.5. The summed E-state index contributed by atoms with van der Waals surface area (Å²) < 4.78 is 27.4. The quantitative estimate of drug-likeness (QED) is 0.725. The average Bonchev–Trinajstić information content (AvgIpc) is 2.72. The molecule has 0 unspecified atom stereocenters. The average molecular weight is 466 g/mol. The van der Waals surface area contributed by atoms with E-state index in [1.54, 1.807) is 24.3 Å². The number of rotatable bonds is 5. The van der Waals surface area contributed by atoms with Crippen LogP contribution in [0.4, 0.5) is 0 Å². The number of nitrogens with one attached hydrogen (secondary N) is 1. The Kier molecular flexibility index (Phi) is 5.60. The fourth-order valence-corrected chi connectivity index (χ4v) is 8.84. The minimum atomic E-state index is -3.62. The van der Waals surface area contributed by atoms with Crippen LogP contribution >= 0.6 is 11.6 Å². The molecule has 1 heterocycles. The van der Waals surface area contributed by atoms with Crippen molar-refractivity contribution in [2.45, 2.75) is 61.9 Å². The fraction of sp³-hybridized carbons (Fsp3) is 0.696. The summed E-state index contributed by atoms with van der Waals surface area (Å²) in [6, 6.07) is 6.31. The number of hydrogen-bond acceptors (Lipinski definition) is 4. The monoisotopic (exact) mass is 465 g/mol. The van der Waals surface area contributed by atoms with Gasteiger partial charge in [-0.25, -0.2) is 8.42 Å². The Labute approximate surface area is 190 Å². The van der Waals surface area contributed by atoms with E-state index in [0.717, 1.165) is 37.0 Å². The lowest BCUT2D eigenvalue weighted by molar-refractivity contribution is -0.132. The van der Waals surface area contributed by atoms with Crippen molar-refractivity contribution in [3.63, 3.8) is 0 Å². The molecule has 0 aromatic heterocycles. The molecule has 0 radical (unpaired) electrons. The summed E-state index contributed by atoms with van der Waals surface area (Å²) >= 11 is 6.13. The Morgan fingerprint density at radius 3 is 2.13 bits per heavy atom. The summed E-state index contributed by atoms with van der Waals surface area (Å²) in [7, 11) is -3.62. The largest absolute Gasteiger partial charge is 0.349 e. The van der Waals surface area contributed by atoms with Gasteiger partial charge in [-0.1, -0.05) is 23.7 Å². The maximum Gasteiger partial charge on any atom is 0.244 e. The molecule has 4 aliphatic carbocycles. The van der Waals surface area contributed by atoms with Crippen molar-refractivity contribution in [3.8, 4) is 0 Å². The van der Waals surface area contributed by atoms with Crippen molar-refractivity contribution in [2.75, 3.05) is 26.2 Å². The molecule has 1 aromatic carbocycles. The summed E-state index contributed by atoms with van der Waals surface area (Å²) in [4.78, 5) is 15.4. The lowest BCUT2D eigenvalue weighted by Crippen LogP contribution is -2.63. The molecular weight excluding hydrogens is 434 g/mol. The Balaban J connectivity index is 1.20. The molecule has 8 heteroatoms. The number of carbonyl (C=O) groups excluding carboxylic acids is 1. The summed E-state index contributed by atoms with van der Waals surface area (Å²) in [5, 5.41) is 3.71. The second kappa shape index (κ2) is 8.01. The number of nitrogens with zero attached hydrogens (tertiary/aromatic N) is 2. The minimum Gasteiger partial charge on any atom is -0.349 e. The van der Waals surface area contributed by atoms with Crippen LogP contribution in [0.25, 0.3) is 0 Å². The molecule has 5 aliphatic rings. The molecule has 1 aromatic rings. The molecule has 4 bridgehead atoms. The van der Waals surface area contributed by atoms with Gasteiger partial charge in [-0.05, 0) is 75.3 Å². The number of halogens is 1. The van der Waals surface area contributed by atoms with Crippen molar-refractivity contribution in [2.24, 2.45) is 17.8 Å². The zero-order chi connectivity index (χ0) is 21.8. The van der Waals surface area contributed by atoms with Crippen LogP contribution in [0.1, 0.15) is 45.4 Å². The first kappa shape index (κ1) is 21.7. The summed E-state index contributed by atoms with van der Waals surface area (Å²) in [6.07, 6.45) is 7.48. The number of hydrogen-bond donors (Lipinski definition) is 1.